The molecule has 2 aromatic rings. The van der Waals surface area contributed by atoms with Gasteiger partial charge in [0, 0.05) is 19.6 Å². The lowest BCUT2D eigenvalue weighted by molar-refractivity contribution is 0.600. The number of nitrogens with one attached hydrogen (secondary N) is 1. The van der Waals surface area contributed by atoms with Gasteiger partial charge in [0.15, 0.2) is 0 Å². The van der Waals surface area contributed by atoms with E-state index in [1.54, 1.807) is 24.3 Å². The van der Waals surface area contributed by atoms with Crippen LogP contribution in [0.25, 0.3) is 0 Å². The number of rotatable bonds is 3. The van der Waals surface area contributed by atoms with Crippen molar-refractivity contribution >= 4 is 63.6 Å². The first kappa shape index (κ1) is 15.0. The first-order chi connectivity index (χ1) is 8.88. The minimum atomic E-state index is -3.67. The molecule has 100 valence electrons. The molecule has 0 unspecified atom stereocenters. The van der Waals surface area contributed by atoms with Crippen molar-refractivity contribution in [1.29, 1.82) is 0 Å². The van der Waals surface area contributed by atoms with Crippen LogP contribution < -0.4 is 4.72 Å². The Morgan fingerprint density at radius 1 is 1.00 bits per heavy atom. The third kappa shape index (κ3) is 3.77. The van der Waals surface area contributed by atoms with E-state index in [0.29, 0.717) is 4.47 Å². The molecule has 0 amide bonds. The lowest BCUT2D eigenvalue weighted by Crippen LogP contribution is -2.14. The molecular weight excluding hydrogens is 464 g/mol. The summed E-state index contributed by atoms with van der Waals surface area (Å²) in [4.78, 5) is 4.13. The van der Waals surface area contributed by atoms with Crippen molar-refractivity contribution in [2.75, 3.05) is 4.72 Å². The van der Waals surface area contributed by atoms with Crippen LogP contribution in [0.15, 0.2) is 54.8 Å². The summed E-state index contributed by atoms with van der Waals surface area (Å²) in [5.41, 5.74) is 0. The minimum Gasteiger partial charge on any atom is -0.263 e. The molecule has 19 heavy (non-hydrogen) atoms. The first-order valence-corrected chi connectivity index (χ1v) is 8.84. The van der Waals surface area contributed by atoms with Gasteiger partial charge in [-0.25, -0.2) is 13.4 Å². The van der Waals surface area contributed by atoms with Gasteiger partial charge in [0.05, 0.1) is 0 Å². The van der Waals surface area contributed by atoms with Gasteiger partial charge in [0.2, 0.25) is 0 Å². The van der Waals surface area contributed by atoms with Crippen LogP contribution in [0.1, 0.15) is 0 Å². The molecule has 0 aliphatic carbocycles. The molecule has 2 rings (SSSR count). The second-order valence-electron chi connectivity index (χ2n) is 3.54. The van der Waals surface area contributed by atoms with Gasteiger partial charge in [-0.3, -0.25) is 4.72 Å². The molecule has 0 fully saturated rings. The second kappa shape index (κ2) is 5.90. The van der Waals surface area contributed by atoms with Gasteiger partial charge in [-0.05, 0) is 62.2 Å². The highest BCUT2D eigenvalue weighted by Gasteiger charge is 2.18. The van der Waals surface area contributed by atoms with Crippen LogP contribution in [-0.2, 0) is 10.0 Å². The van der Waals surface area contributed by atoms with E-state index in [0.717, 1.165) is 8.95 Å². The lowest BCUT2D eigenvalue weighted by atomic mass is 10.4. The Morgan fingerprint density at radius 3 is 2.26 bits per heavy atom. The monoisotopic (exact) mass is 468 g/mol. The largest absolute Gasteiger partial charge is 0.264 e. The maximum absolute atomic E-state index is 12.2. The summed E-state index contributed by atoms with van der Waals surface area (Å²) in [5.74, 6) is 0.262. The second-order valence-corrected chi connectivity index (χ2v) is 7.88. The molecule has 0 bridgehead atoms. The summed E-state index contributed by atoms with van der Waals surface area (Å²) < 4.78 is 28.9. The standard InChI is InChI=1S/C11H7Br3N2O2S/c12-7-1-3-10(9(14)5-7)19(17,18)16-11-4-2-8(13)6-15-11/h1-6H,(H,15,16). The van der Waals surface area contributed by atoms with Crippen molar-refractivity contribution in [1.82, 2.24) is 4.98 Å². The van der Waals surface area contributed by atoms with E-state index in [4.69, 9.17) is 0 Å². The van der Waals surface area contributed by atoms with E-state index in [9.17, 15) is 8.42 Å². The van der Waals surface area contributed by atoms with Crippen LogP contribution in [0.2, 0.25) is 0 Å². The average Bonchev–Trinajstić information content (AvgIpc) is 2.31. The molecule has 0 saturated carbocycles. The fourth-order valence-electron chi connectivity index (χ4n) is 1.32. The van der Waals surface area contributed by atoms with Gasteiger partial charge >= 0.3 is 0 Å². The average molecular weight is 471 g/mol. The number of nitrogens with zero attached hydrogens (tertiary/aromatic N) is 1. The Balaban J connectivity index is 2.35. The summed E-state index contributed by atoms with van der Waals surface area (Å²) in [7, 11) is -3.67. The van der Waals surface area contributed by atoms with Crippen molar-refractivity contribution in [2.24, 2.45) is 0 Å². The Labute approximate surface area is 136 Å². The van der Waals surface area contributed by atoms with E-state index in [-0.39, 0.29) is 10.7 Å². The Kier molecular flexibility index (Phi) is 4.65. The highest BCUT2D eigenvalue weighted by atomic mass is 79.9. The molecule has 0 radical (unpaired) electrons. The number of anilines is 1. The Bertz CT molecular complexity index is 702. The zero-order valence-corrected chi connectivity index (χ0v) is 14.8. The molecule has 1 N–H and O–H groups in total. The van der Waals surface area contributed by atoms with Crippen molar-refractivity contribution in [3.8, 4) is 0 Å². The molecule has 1 aromatic heterocycles. The molecule has 0 spiro atoms. The number of sulfonamides is 1. The highest BCUT2D eigenvalue weighted by molar-refractivity contribution is 9.11. The Hall–Kier alpha value is -0.440. The molecule has 0 aliphatic rings. The van der Waals surface area contributed by atoms with E-state index in [2.05, 4.69) is 57.5 Å². The van der Waals surface area contributed by atoms with Crippen molar-refractivity contribution in [3.05, 3.63) is 49.9 Å². The van der Waals surface area contributed by atoms with Crippen LogP contribution in [-0.4, -0.2) is 13.4 Å². The fraction of sp³-hybridized carbons (Fsp3) is 0. The summed E-state index contributed by atoms with van der Waals surface area (Å²) in [6, 6.07) is 8.13. The number of hydrogen-bond donors (Lipinski definition) is 1. The number of benzene rings is 1. The first-order valence-electron chi connectivity index (χ1n) is 4.98. The maximum atomic E-state index is 12.2. The van der Waals surface area contributed by atoms with E-state index >= 15 is 0 Å². The summed E-state index contributed by atoms with van der Waals surface area (Å²) in [6.45, 7) is 0. The maximum Gasteiger partial charge on any atom is 0.264 e. The van der Waals surface area contributed by atoms with Gasteiger partial charge < -0.3 is 0 Å². The zero-order chi connectivity index (χ0) is 14.0. The number of halogens is 3. The molecule has 0 atom stereocenters. The fourth-order valence-corrected chi connectivity index (χ4v) is 4.31. The summed E-state index contributed by atoms with van der Waals surface area (Å²) in [5, 5.41) is 0. The smallest absolute Gasteiger partial charge is 0.263 e. The summed E-state index contributed by atoms with van der Waals surface area (Å²) in [6.07, 6.45) is 1.52. The molecule has 0 aliphatic heterocycles. The van der Waals surface area contributed by atoms with Crippen molar-refractivity contribution in [2.45, 2.75) is 4.90 Å². The van der Waals surface area contributed by atoms with Gasteiger partial charge in [-0.1, -0.05) is 15.9 Å². The third-order valence-electron chi connectivity index (χ3n) is 2.15. The van der Waals surface area contributed by atoms with Crippen LogP contribution in [0, 0.1) is 0 Å². The van der Waals surface area contributed by atoms with Crippen LogP contribution in [0.4, 0.5) is 5.82 Å². The van der Waals surface area contributed by atoms with Crippen LogP contribution in [0.5, 0.6) is 0 Å². The van der Waals surface area contributed by atoms with E-state index in [1.165, 1.54) is 12.3 Å². The molecule has 8 heteroatoms. The van der Waals surface area contributed by atoms with Crippen molar-refractivity contribution < 1.29 is 8.42 Å². The highest BCUT2D eigenvalue weighted by Crippen LogP contribution is 2.27. The molecular formula is C11H7Br3N2O2S. The SMILES string of the molecule is O=S(=O)(Nc1ccc(Br)cn1)c1ccc(Br)cc1Br. The van der Waals surface area contributed by atoms with E-state index < -0.39 is 10.0 Å². The van der Waals surface area contributed by atoms with Gasteiger partial charge in [0.1, 0.15) is 10.7 Å². The third-order valence-corrected chi connectivity index (χ3v) is 5.44. The van der Waals surface area contributed by atoms with Gasteiger partial charge in [-0.15, -0.1) is 0 Å². The topological polar surface area (TPSA) is 59.1 Å². The zero-order valence-electron chi connectivity index (χ0n) is 9.27. The van der Waals surface area contributed by atoms with E-state index in [1.807, 2.05) is 0 Å². The quantitative estimate of drug-likeness (QED) is 0.732. The predicted octanol–water partition coefficient (Wildman–Crippen LogP) is 4.17. The normalized spacial score (nSPS) is 11.3. The van der Waals surface area contributed by atoms with Crippen LogP contribution in [0.3, 0.4) is 0 Å². The minimum absolute atomic E-state index is 0.153. The Morgan fingerprint density at radius 2 is 1.68 bits per heavy atom. The number of hydrogen-bond acceptors (Lipinski definition) is 3. The predicted molar refractivity (Wildman–Crippen MR) is 84.6 cm³/mol. The number of pyridine rings is 1. The van der Waals surface area contributed by atoms with Crippen LogP contribution >= 0.6 is 47.8 Å². The number of aromatic nitrogens is 1. The summed E-state index contributed by atoms with van der Waals surface area (Å²) >= 11 is 9.74. The van der Waals surface area contributed by atoms with Gasteiger partial charge in [-0.2, -0.15) is 0 Å². The van der Waals surface area contributed by atoms with Gasteiger partial charge in [0.25, 0.3) is 10.0 Å². The molecule has 1 heterocycles. The van der Waals surface area contributed by atoms with Crippen molar-refractivity contribution in [3.63, 3.8) is 0 Å². The molecule has 4 nitrogen and oxygen atoms in total. The molecule has 0 saturated heterocycles. The lowest BCUT2D eigenvalue weighted by Gasteiger charge is -2.09. The molecule has 1 aromatic carbocycles.